The van der Waals surface area contributed by atoms with Crippen molar-refractivity contribution in [1.82, 2.24) is 5.32 Å². The van der Waals surface area contributed by atoms with Crippen LogP contribution in [0.1, 0.15) is 17.2 Å². The van der Waals surface area contributed by atoms with Gasteiger partial charge in [0.15, 0.2) is 0 Å². The summed E-state index contributed by atoms with van der Waals surface area (Å²) in [6.07, 6.45) is 0.189. The fraction of sp³-hybridized carbons (Fsp3) is 0.455. The first-order valence-electron chi connectivity index (χ1n) is 4.68. The highest BCUT2D eigenvalue weighted by Crippen LogP contribution is 2.19. The summed E-state index contributed by atoms with van der Waals surface area (Å²) in [5.74, 6) is 0. The van der Waals surface area contributed by atoms with Crippen LogP contribution in [0.2, 0.25) is 0 Å². The molecule has 0 aliphatic carbocycles. The lowest BCUT2D eigenvalue weighted by atomic mass is 10.1. The minimum absolute atomic E-state index is 0.189. The van der Waals surface area contributed by atoms with Crippen LogP contribution in [0.25, 0.3) is 0 Å². The molecule has 1 atom stereocenters. The van der Waals surface area contributed by atoms with Crippen molar-refractivity contribution in [2.45, 2.75) is 13.0 Å². The van der Waals surface area contributed by atoms with Gasteiger partial charge in [-0.1, -0.05) is 29.8 Å². The molecule has 1 aliphatic rings. The highest BCUT2D eigenvalue weighted by Gasteiger charge is 2.15. The summed E-state index contributed by atoms with van der Waals surface area (Å²) in [6, 6.07) is 8.49. The van der Waals surface area contributed by atoms with Gasteiger partial charge in [-0.15, -0.1) is 0 Å². The van der Waals surface area contributed by atoms with E-state index < -0.39 is 0 Å². The number of benzene rings is 1. The molecule has 0 saturated carbocycles. The maximum atomic E-state index is 5.61. The van der Waals surface area contributed by atoms with E-state index in [1.54, 1.807) is 0 Å². The Morgan fingerprint density at radius 2 is 2.08 bits per heavy atom. The molecule has 1 fully saturated rings. The fourth-order valence-electron chi connectivity index (χ4n) is 1.50. The van der Waals surface area contributed by atoms with Crippen molar-refractivity contribution in [2.75, 3.05) is 19.7 Å². The highest BCUT2D eigenvalue weighted by molar-refractivity contribution is 5.23. The SMILES string of the molecule is Cc1ccc([C@H]2C[N]CCO2)cc1. The van der Waals surface area contributed by atoms with Gasteiger partial charge in [-0.25, -0.2) is 5.32 Å². The second-order valence-electron chi connectivity index (χ2n) is 3.40. The first kappa shape index (κ1) is 8.73. The zero-order valence-corrected chi connectivity index (χ0v) is 7.86. The van der Waals surface area contributed by atoms with Gasteiger partial charge in [0.1, 0.15) is 0 Å². The number of hydrogen-bond donors (Lipinski definition) is 0. The Hall–Kier alpha value is -0.860. The molecule has 13 heavy (non-hydrogen) atoms. The van der Waals surface area contributed by atoms with Crippen molar-refractivity contribution >= 4 is 0 Å². The fourth-order valence-corrected chi connectivity index (χ4v) is 1.50. The molecule has 1 heterocycles. The van der Waals surface area contributed by atoms with Crippen LogP contribution in [0.15, 0.2) is 24.3 Å². The predicted octanol–water partition coefficient (Wildman–Crippen LogP) is 1.67. The van der Waals surface area contributed by atoms with Gasteiger partial charge in [0.2, 0.25) is 0 Å². The summed E-state index contributed by atoms with van der Waals surface area (Å²) in [6.45, 7) is 4.51. The number of morpholine rings is 1. The lowest BCUT2D eigenvalue weighted by Crippen LogP contribution is -2.28. The molecule has 1 aliphatic heterocycles. The average Bonchev–Trinajstić information content (AvgIpc) is 2.20. The Bertz CT molecular complexity index is 262. The van der Waals surface area contributed by atoms with Crippen LogP contribution >= 0.6 is 0 Å². The predicted molar refractivity (Wildman–Crippen MR) is 51.7 cm³/mol. The first-order chi connectivity index (χ1) is 6.36. The standard InChI is InChI=1S/C11H14NO/c1-9-2-4-10(5-3-9)11-8-12-6-7-13-11/h2-5,11H,6-8H2,1H3/t11-/m1/s1. The normalized spacial score (nSPS) is 23.0. The summed E-state index contributed by atoms with van der Waals surface area (Å²) >= 11 is 0. The van der Waals surface area contributed by atoms with Gasteiger partial charge >= 0.3 is 0 Å². The van der Waals surface area contributed by atoms with E-state index in [2.05, 4.69) is 36.5 Å². The Morgan fingerprint density at radius 1 is 1.31 bits per heavy atom. The third-order valence-corrected chi connectivity index (χ3v) is 2.31. The number of ether oxygens (including phenoxy) is 1. The molecule has 0 N–H and O–H groups in total. The second kappa shape index (κ2) is 3.90. The number of nitrogens with zero attached hydrogens (tertiary/aromatic N) is 1. The van der Waals surface area contributed by atoms with Gasteiger partial charge in [0.25, 0.3) is 0 Å². The second-order valence-corrected chi connectivity index (χ2v) is 3.40. The zero-order chi connectivity index (χ0) is 9.10. The summed E-state index contributed by atoms with van der Waals surface area (Å²) in [7, 11) is 0. The van der Waals surface area contributed by atoms with E-state index in [4.69, 9.17) is 4.74 Å². The number of hydrogen-bond acceptors (Lipinski definition) is 1. The summed E-state index contributed by atoms with van der Waals surface area (Å²) in [4.78, 5) is 0. The van der Waals surface area contributed by atoms with Crippen LogP contribution in [0.3, 0.4) is 0 Å². The monoisotopic (exact) mass is 176 g/mol. The summed E-state index contributed by atoms with van der Waals surface area (Å²) in [5, 5.41) is 4.33. The van der Waals surface area contributed by atoms with E-state index in [1.165, 1.54) is 11.1 Å². The molecule has 1 aromatic carbocycles. The number of rotatable bonds is 1. The molecule has 0 spiro atoms. The van der Waals surface area contributed by atoms with Gasteiger partial charge in [-0.3, -0.25) is 0 Å². The Kier molecular flexibility index (Phi) is 2.62. The van der Waals surface area contributed by atoms with Crippen molar-refractivity contribution in [3.05, 3.63) is 35.4 Å². The largest absolute Gasteiger partial charge is 0.371 e. The van der Waals surface area contributed by atoms with Gasteiger partial charge < -0.3 is 4.74 Å². The van der Waals surface area contributed by atoms with Crippen molar-refractivity contribution in [3.8, 4) is 0 Å². The molecule has 1 radical (unpaired) electrons. The molecular weight excluding hydrogens is 162 g/mol. The van der Waals surface area contributed by atoms with Crippen molar-refractivity contribution in [2.24, 2.45) is 0 Å². The minimum Gasteiger partial charge on any atom is -0.371 e. The van der Waals surface area contributed by atoms with Crippen LogP contribution in [0.4, 0.5) is 0 Å². The minimum atomic E-state index is 0.189. The van der Waals surface area contributed by atoms with Crippen LogP contribution in [0, 0.1) is 6.92 Å². The van der Waals surface area contributed by atoms with Gasteiger partial charge in [-0.2, -0.15) is 0 Å². The Labute approximate surface area is 78.9 Å². The van der Waals surface area contributed by atoms with Crippen LogP contribution in [-0.2, 0) is 4.74 Å². The number of aryl methyl sites for hydroxylation is 1. The van der Waals surface area contributed by atoms with E-state index in [9.17, 15) is 0 Å². The Morgan fingerprint density at radius 3 is 2.69 bits per heavy atom. The lowest BCUT2D eigenvalue weighted by molar-refractivity contribution is 0.0261. The molecule has 2 nitrogen and oxygen atoms in total. The maximum Gasteiger partial charge on any atom is 0.0966 e. The molecule has 1 aromatic rings. The van der Waals surface area contributed by atoms with Gasteiger partial charge in [0, 0.05) is 13.1 Å². The van der Waals surface area contributed by atoms with E-state index in [1.807, 2.05) is 0 Å². The Balaban J connectivity index is 2.10. The zero-order valence-electron chi connectivity index (χ0n) is 7.86. The quantitative estimate of drug-likeness (QED) is 0.638. The van der Waals surface area contributed by atoms with Crippen molar-refractivity contribution < 1.29 is 4.74 Å². The molecule has 0 amide bonds. The molecule has 2 rings (SSSR count). The van der Waals surface area contributed by atoms with E-state index in [-0.39, 0.29) is 6.10 Å². The molecule has 2 heteroatoms. The molecule has 69 valence electrons. The lowest BCUT2D eigenvalue weighted by Gasteiger charge is -2.22. The van der Waals surface area contributed by atoms with Gasteiger partial charge in [-0.05, 0) is 12.5 Å². The summed E-state index contributed by atoms with van der Waals surface area (Å²) < 4.78 is 5.61. The molecular formula is C11H14NO. The van der Waals surface area contributed by atoms with E-state index in [0.29, 0.717) is 0 Å². The smallest absolute Gasteiger partial charge is 0.0966 e. The van der Waals surface area contributed by atoms with E-state index in [0.717, 1.165) is 19.7 Å². The molecule has 0 bridgehead atoms. The van der Waals surface area contributed by atoms with Crippen molar-refractivity contribution in [1.29, 1.82) is 0 Å². The summed E-state index contributed by atoms with van der Waals surface area (Å²) in [5.41, 5.74) is 2.53. The van der Waals surface area contributed by atoms with Crippen LogP contribution in [-0.4, -0.2) is 19.7 Å². The van der Waals surface area contributed by atoms with E-state index >= 15 is 0 Å². The van der Waals surface area contributed by atoms with Crippen molar-refractivity contribution in [3.63, 3.8) is 0 Å². The molecule has 0 unspecified atom stereocenters. The third kappa shape index (κ3) is 2.08. The maximum absolute atomic E-state index is 5.61. The van der Waals surface area contributed by atoms with Crippen LogP contribution < -0.4 is 5.32 Å². The first-order valence-corrected chi connectivity index (χ1v) is 4.68. The molecule has 1 saturated heterocycles. The van der Waals surface area contributed by atoms with Gasteiger partial charge in [0.05, 0.1) is 12.7 Å². The average molecular weight is 176 g/mol. The molecule has 0 aromatic heterocycles. The van der Waals surface area contributed by atoms with Crippen LogP contribution in [0.5, 0.6) is 0 Å². The highest BCUT2D eigenvalue weighted by atomic mass is 16.5. The third-order valence-electron chi connectivity index (χ3n) is 2.31. The topological polar surface area (TPSA) is 23.3 Å².